The maximum absolute atomic E-state index is 13.9. The molecule has 0 saturated carbocycles. The van der Waals surface area contributed by atoms with Crippen molar-refractivity contribution in [3.63, 3.8) is 0 Å². The Morgan fingerprint density at radius 2 is 1.67 bits per heavy atom. The van der Waals surface area contributed by atoms with Gasteiger partial charge in [0.2, 0.25) is 0 Å². The minimum atomic E-state index is -1.00. The summed E-state index contributed by atoms with van der Waals surface area (Å²) in [4.78, 5) is 41.6. The van der Waals surface area contributed by atoms with E-state index in [1.54, 1.807) is 31.4 Å². The lowest BCUT2D eigenvalue weighted by molar-refractivity contribution is -0.135. The van der Waals surface area contributed by atoms with Crippen molar-refractivity contribution in [3.05, 3.63) is 107 Å². The monoisotopic (exact) mass is 636 g/mol. The van der Waals surface area contributed by atoms with E-state index in [0.717, 1.165) is 37.0 Å². The van der Waals surface area contributed by atoms with Gasteiger partial charge in [-0.1, -0.05) is 69.7 Å². The first-order valence-electron chi connectivity index (χ1n) is 13.7. The van der Waals surface area contributed by atoms with Crippen LogP contribution in [0.3, 0.4) is 0 Å². The summed E-state index contributed by atoms with van der Waals surface area (Å²) in [5.41, 5.74) is 3.03. The summed E-state index contributed by atoms with van der Waals surface area (Å²) >= 11 is 3.37. The molecule has 0 unspecified atom stereocenters. The van der Waals surface area contributed by atoms with Gasteiger partial charge in [-0.2, -0.15) is 10.2 Å². The molecular weight excluding hydrogens is 612 g/mol. The van der Waals surface area contributed by atoms with E-state index < -0.39 is 23.9 Å². The lowest BCUT2D eigenvalue weighted by atomic mass is 9.97. The van der Waals surface area contributed by atoms with Crippen molar-refractivity contribution in [2.24, 2.45) is 15.4 Å². The second-order valence-electron chi connectivity index (χ2n) is 10.5. The fourth-order valence-corrected chi connectivity index (χ4v) is 6.04. The average Bonchev–Trinajstić information content (AvgIpc) is 3.73. The summed E-state index contributed by atoms with van der Waals surface area (Å²) in [5, 5.41) is 17.9. The standard InChI is InChI=1S/C32H25BrN6O4/c1-43-25-14-8-20(9-15-25)27-17-26(22-7-6-19-4-2-3-5-21(19)16-22)35-39(27)28(40)18-37-30-29(34-36-37)31(41)38(32(30)42)24-12-10-23(33)11-13-24/h2-16,27,29-30H,17-18H2,1H3/t27-,29-,30+/m0/s1. The van der Waals surface area contributed by atoms with E-state index in [9.17, 15) is 14.4 Å². The second kappa shape index (κ2) is 10.7. The number of hydrogen-bond donors (Lipinski definition) is 0. The van der Waals surface area contributed by atoms with E-state index >= 15 is 0 Å². The maximum Gasteiger partial charge on any atom is 0.264 e. The fourth-order valence-electron chi connectivity index (χ4n) is 5.78. The van der Waals surface area contributed by atoms with Gasteiger partial charge in [0, 0.05) is 10.9 Å². The molecule has 0 aromatic heterocycles. The lowest BCUT2D eigenvalue weighted by Gasteiger charge is -2.25. The Kier molecular flexibility index (Phi) is 6.73. The minimum absolute atomic E-state index is 0.265. The lowest BCUT2D eigenvalue weighted by Crippen LogP contribution is -2.44. The van der Waals surface area contributed by atoms with Gasteiger partial charge < -0.3 is 4.74 Å². The number of nitrogens with zero attached hydrogens (tertiary/aromatic N) is 6. The van der Waals surface area contributed by atoms with E-state index in [-0.39, 0.29) is 18.5 Å². The topological polar surface area (TPSA) is 107 Å². The highest BCUT2D eigenvalue weighted by Gasteiger charge is 2.55. The largest absolute Gasteiger partial charge is 0.497 e. The molecule has 7 rings (SSSR count). The summed E-state index contributed by atoms with van der Waals surface area (Å²) in [6, 6.07) is 26.3. The molecule has 11 heteroatoms. The predicted octanol–water partition coefficient (Wildman–Crippen LogP) is 5.28. The van der Waals surface area contributed by atoms with Crippen molar-refractivity contribution < 1.29 is 19.1 Å². The molecule has 214 valence electrons. The van der Waals surface area contributed by atoms with Gasteiger partial charge in [0.15, 0.2) is 12.1 Å². The summed E-state index contributed by atoms with van der Waals surface area (Å²) in [6.07, 6.45) is 0.499. The normalized spacial score (nSPS) is 21.1. The first-order valence-corrected chi connectivity index (χ1v) is 14.5. The molecule has 1 saturated heterocycles. The van der Waals surface area contributed by atoms with Gasteiger partial charge >= 0.3 is 0 Å². The molecule has 3 heterocycles. The quantitative estimate of drug-likeness (QED) is 0.268. The number of benzene rings is 4. The average molecular weight is 637 g/mol. The Morgan fingerprint density at radius 1 is 0.930 bits per heavy atom. The molecular formula is C32H25BrN6O4. The van der Waals surface area contributed by atoms with Crippen LogP contribution in [-0.4, -0.2) is 59.2 Å². The van der Waals surface area contributed by atoms with Gasteiger partial charge in [-0.05, 0) is 64.4 Å². The van der Waals surface area contributed by atoms with E-state index in [4.69, 9.17) is 9.84 Å². The second-order valence-corrected chi connectivity index (χ2v) is 11.4. The number of ether oxygens (including phenoxy) is 1. The number of amides is 3. The molecule has 3 aliphatic heterocycles. The Labute approximate surface area is 255 Å². The van der Waals surface area contributed by atoms with Gasteiger partial charge in [0.25, 0.3) is 17.7 Å². The Hall–Kier alpha value is -4.90. The van der Waals surface area contributed by atoms with Crippen molar-refractivity contribution in [2.45, 2.75) is 24.5 Å². The third-order valence-electron chi connectivity index (χ3n) is 7.99. The van der Waals surface area contributed by atoms with Gasteiger partial charge in [-0.25, -0.2) is 9.91 Å². The van der Waals surface area contributed by atoms with Gasteiger partial charge in [0.1, 0.15) is 12.3 Å². The summed E-state index contributed by atoms with van der Waals surface area (Å²) in [5.74, 6) is -0.592. The third-order valence-corrected chi connectivity index (χ3v) is 8.52. The zero-order valence-corrected chi connectivity index (χ0v) is 24.6. The SMILES string of the molecule is COc1ccc([C@@H]2CC(c3ccc4ccccc4c3)=NN2C(=O)CN2N=N[C@@H]3C(=O)N(c4ccc(Br)cc4)C(=O)[C@@H]32)cc1. The molecule has 0 N–H and O–H groups in total. The van der Waals surface area contributed by atoms with E-state index in [2.05, 4.69) is 38.4 Å². The highest BCUT2D eigenvalue weighted by atomic mass is 79.9. The van der Waals surface area contributed by atoms with Crippen LogP contribution in [0.25, 0.3) is 10.8 Å². The predicted molar refractivity (Wildman–Crippen MR) is 163 cm³/mol. The number of imide groups is 1. The van der Waals surface area contributed by atoms with Crippen LogP contribution in [0, 0.1) is 0 Å². The number of hydrazone groups is 1. The fraction of sp³-hybridized carbons (Fsp3) is 0.188. The number of halogens is 1. The molecule has 43 heavy (non-hydrogen) atoms. The number of anilines is 1. The number of methoxy groups -OCH3 is 1. The molecule has 4 aromatic rings. The zero-order valence-electron chi connectivity index (χ0n) is 23.0. The van der Waals surface area contributed by atoms with Gasteiger partial charge in [-0.15, -0.1) is 0 Å². The molecule has 0 radical (unpaired) electrons. The molecule has 1 fully saturated rings. The van der Waals surface area contributed by atoms with Crippen LogP contribution in [0.2, 0.25) is 0 Å². The summed E-state index contributed by atoms with van der Waals surface area (Å²) in [7, 11) is 1.60. The highest BCUT2D eigenvalue weighted by Crippen LogP contribution is 2.36. The molecule has 0 aliphatic carbocycles. The van der Waals surface area contributed by atoms with Crippen LogP contribution >= 0.6 is 15.9 Å². The summed E-state index contributed by atoms with van der Waals surface area (Å²) < 4.78 is 6.15. The smallest absolute Gasteiger partial charge is 0.264 e. The molecule has 10 nitrogen and oxygen atoms in total. The van der Waals surface area contributed by atoms with Crippen LogP contribution in [0.15, 0.2) is 111 Å². The Balaban J connectivity index is 1.17. The van der Waals surface area contributed by atoms with Crippen molar-refractivity contribution in [1.82, 2.24) is 10.0 Å². The summed E-state index contributed by atoms with van der Waals surface area (Å²) in [6.45, 7) is -0.265. The number of fused-ring (bicyclic) bond motifs is 2. The molecule has 3 atom stereocenters. The van der Waals surface area contributed by atoms with E-state index in [0.29, 0.717) is 17.9 Å². The first-order chi connectivity index (χ1) is 20.9. The van der Waals surface area contributed by atoms with Crippen molar-refractivity contribution in [1.29, 1.82) is 0 Å². The number of rotatable bonds is 6. The maximum atomic E-state index is 13.9. The number of hydrogen-bond acceptors (Lipinski definition) is 8. The third kappa shape index (κ3) is 4.75. The molecule has 0 spiro atoms. The first kappa shape index (κ1) is 27.0. The zero-order chi connectivity index (χ0) is 29.7. The van der Waals surface area contributed by atoms with Gasteiger partial charge in [0.05, 0.1) is 24.6 Å². The van der Waals surface area contributed by atoms with Crippen LogP contribution in [0.5, 0.6) is 5.75 Å². The van der Waals surface area contributed by atoms with Crippen molar-refractivity contribution in [3.8, 4) is 5.75 Å². The van der Waals surface area contributed by atoms with E-state index in [1.165, 1.54) is 10.0 Å². The molecule has 4 aromatic carbocycles. The molecule has 3 amide bonds. The molecule has 3 aliphatic rings. The Bertz CT molecular complexity index is 1820. The molecule has 0 bridgehead atoms. The van der Waals surface area contributed by atoms with Crippen LogP contribution in [0.4, 0.5) is 5.69 Å². The van der Waals surface area contributed by atoms with Crippen LogP contribution < -0.4 is 9.64 Å². The van der Waals surface area contributed by atoms with Gasteiger partial charge in [-0.3, -0.25) is 19.4 Å². The number of carbonyl (C=O) groups excluding carboxylic acids is 3. The van der Waals surface area contributed by atoms with Crippen LogP contribution in [0.1, 0.15) is 23.6 Å². The van der Waals surface area contributed by atoms with Crippen molar-refractivity contribution in [2.75, 3.05) is 18.6 Å². The minimum Gasteiger partial charge on any atom is -0.497 e. The van der Waals surface area contributed by atoms with Crippen molar-refractivity contribution >= 4 is 55.8 Å². The highest BCUT2D eigenvalue weighted by molar-refractivity contribution is 9.10. The van der Waals surface area contributed by atoms with E-state index in [1.807, 2.05) is 54.6 Å². The number of carbonyl (C=O) groups is 3. The van der Waals surface area contributed by atoms with Crippen LogP contribution in [-0.2, 0) is 14.4 Å². The Morgan fingerprint density at radius 3 is 2.42 bits per heavy atom.